The minimum atomic E-state index is -0.0897. The van der Waals surface area contributed by atoms with Gasteiger partial charge in [0, 0.05) is 46.3 Å². The number of pyridine rings is 2. The predicted molar refractivity (Wildman–Crippen MR) is 130 cm³/mol. The Balaban J connectivity index is 1.68. The van der Waals surface area contributed by atoms with Gasteiger partial charge in [-0.1, -0.05) is 22.0 Å². The van der Waals surface area contributed by atoms with Crippen molar-refractivity contribution in [1.29, 1.82) is 0 Å². The average molecular weight is 490 g/mol. The molecule has 0 radical (unpaired) electrons. The summed E-state index contributed by atoms with van der Waals surface area (Å²) < 4.78 is 3.27. The second-order valence-electron chi connectivity index (χ2n) is 7.44. The van der Waals surface area contributed by atoms with Crippen molar-refractivity contribution in [2.75, 3.05) is 4.90 Å². The lowest BCUT2D eigenvalue weighted by molar-refractivity contribution is 0.549. The minimum Gasteiger partial charge on any atom is -0.351 e. The zero-order valence-corrected chi connectivity index (χ0v) is 19.2. The summed E-state index contributed by atoms with van der Waals surface area (Å²) in [5.41, 5.74) is 5.33. The molecule has 1 fully saturated rings. The lowest BCUT2D eigenvalue weighted by atomic mass is 10.0. The standard InChI is InChI=1S/C24H20BrN5S/c1-16-15-18(7-8-19(16)25)30-23(22(28-24(30)31)20-5-2-3-11-27-20)21-6-4-14-29(21)17-9-12-26-13-10-17/h2-15,22-23H,1H3,(H,28,31). The maximum atomic E-state index is 5.84. The van der Waals surface area contributed by atoms with Crippen LogP contribution < -0.4 is 10.2 Å². The molecule has 4 aromatic rings. The fraction of sp³-hybridized carbons (Fsp3) is 0.125. The van der Waals surface area contributed by atoms with Gasteiger partial charge in [-0.3, -0.25) is 9.97 Å². The zero-order valence-electron chi connectivity index (χ0n) is 16.8. The van der Waals surface area contributed by atoms with Crippen molar-refractivity contribution < 1.29 is 0 Å². The van der Waals surface area contributed by atoms with E-state index in [1.54, 1.807) is 0 Å². The average Bonchev–Trinajstić information content (AvgIpc) is 3.41. The van der Waals surface area contributed by atoms with E-state index in [1.165, 1.54) is 0 Å². The number of aromatic nitrogens is 3. The third-order valence-electron chi connectivity index (χ3n) is 5.54. The van der Waals surface area contributed by atoms with Gasteiger partial charge in [-0.2, -0.15) is 0 Å². The van der Waals surface area contributed by atoms with Gasteiger partial charge in [-0.25, -0.2) is 0 Å². The van der Waals surface area contributed by atoms with E-state index in [0.29, 0.717) is 5.11 Å². The maximum absolute atomic E-state index is 5.84. The number of anilines is 1. The van der Waals surface area contributed by atoms with Crippen LogP contribution in [-0.4, -0.2) is 19.6 Å². The second-order valence-corrected chi connectivity index (χ2v) is 8.68. The van der Waals surface area contributed by atoms with Gasteiger partial charge in [-0.05, 0) is 79.3 Å². The predicted octanol–water partition coefficient (Wildman–Crippen LogP) is 5.52. The Bertz CT molecular complexity index is 1230. The number of nitrogens with one attached hydrogen (secondary N) is 1. The first-order valence-corrected chi connectivity index (χ1v) is 11.2. The molecule has 154 valence electrons. The summed E-state index contributed by atoms with van der Waals surface area (Å²) in [5.74, 6) is 0. The third-order valence-corrected chi connectivity index (χ3v) is 6.75. The molecule has 7 heteroatoms. The summed E-state index contributed by atoms with van der Waals surface area (Å²) in [7, 11) is 0. The summed E-state index contributed by atoms with van der Waals surface area (Å²) in [6.07, 6.45) is 7.52. The number of thiocarbonyl (C=S) groups is 1. The first-order valence-electron chi connectivity index (χ1n) is 9.98. The third kappa shape index (κ3) is 3.64. The van der Waals surface area contributed by atoms with Crippen LogP contribution >= 0.6 is 28.1 Å². The number of halogens is 1. The lowest BCUT2D eigenvalue weighted by Crippen LogP contribution is -2.30. The van der Waals surface area contributed by atoms with Gasteiger partial charge in [-0.15, -0.1) is 0 Å². The second kappa shape index (κ2) is 8.24. The van der Waals surface area contributed by atoms with Gasteiger partial charge in [0.15, 0.2) is 5.11 Å². The van der Waals surface area contributed by atoms with Gasteiger partial charge in [0.25, 0.3) is 0 Å². The normalized spacial score (nSPS) is 18.3. The molecule has 1 N–H and O–H groups in total. The molecular weight excluding hydrogens is 470 g/mol. The van der Waals surface area contributed by atoms with Crippen molar-refractivity contribution in [1.82, 2.24) is 19.9 Å². The van der Waals surface area contributed by atoms with Crippen LogP contribution in [0.3, 0.4) is 0 Å². The quantitative estimate of drug-likeness (QED) is 0.382. The summed E-state index contributed by atoms with van der Waals surface area (Å²) in [5, 5.41) is 4.21. The van der Waals surface area contributed by atoms with Crippen molar-refractivity contribution in [3.05, 3.63) is 107 Å². The largest absolute Gasteiger partial charge is 0.351 e. The first kappa shape index (κ1) is 19.9. The highest BCUT2D eigenvalue weighted by Gasteiger charge is 2.42. The first-order chi connectivity index (χ1) is 15.1. The van der Waals surface area contributed by atoms with E-state index < -0.39 is 0 Å². The van der Waals surface area contributed by atoms with Crippen LogP contribution in [0.1, 0.15) is 29.0 Å². The monoisotopic (exact) mass is 489 g/mol. The molecule has 2 unspecified atom stereocenters. The van der Waals surface area contributed by atoms with Crippen LogP contribution in [0.4, 0.5) is 5.69 Å². The van der Waals surface area contributed by atoms with Crippen molar-refractivity contribution in [2.45, 2.75) is 19.0 Å². The van der Waals surface area contributed by atoms with E-state index in [9.17, 15) is 0 Å². The molecule has 5 rings (SSSR count). The number of hydrogen-bond acceptors (Lipinski definition) is 3. The molecule has 1 saturated heterocycles. The van der Waals surface area contributed by atoms with Crippen molar-refractivity contribution in [3.63, 3.8) is 0 Å². The Labute approximate surface area is 194 Å². The number of nitrogens with zero attached hydrogens (tertiary/aromatic N) is 4. The highest BCUT2D eigenvalue weighted by atomic mass is 79.9. The van der Waals surface area contributed by atoms with Crippen LogP contribution in [0.5, 0.6) is 0 Å². The molecule has 4 heterocycles. The fourth-order valence-corrected chi connectivity index (χ4v) is 4.68. The minimum absolute atomic E-state index is 0.0776. The molecule has 2 atom stereocenters. The lowest BCUT2D eigenvalue weighted by Gasteiger charge is -2.29. The smallest absolute Gasteiger partial charge is 0.174 e. The van der Waals surface area contributed by atoms with Crippen LogP contribution in [0.2, 0.25) is 0 Å². The van der Waals surface area contributed by atoms with Gasteiger partial charge in [0.1, 0.15) is 6.04 Å². The number of rotatable bonds is 4. The summed E-state index contributed by atoms with van der Waals surface area (Å²) >= 11 is 9.45. The van der Waals surface area contributed by atoms with Gasteiger partial charge < -0.3 is 14.8 Å². The molecule has 0 spiro atoms. The Morgan fingerprint density at radius 1 is 0.968 bits per heavy atom. The molecule has 0 saturated carbocycles. The highest BCUT2D eigenvalue weighted by Crippen LogP contribution is 2.42. The molecule has 31 heavy (non-hydrogen) atoms. The molecule has 0 aliphatic carbocycles. The summed E-state index contributed by atoms with van der Waals surface area (Å²) in [6, 6.07) is 20.4. The molecule has 1 aliphatic rings. The van der Waals surface area contributed by atoms with Gasteiger partial charge in [0.05, 0.1) is 11.7 Å². The Kier molecular flexibility index (Phi) is 5.29. The van der Waals surface area contributed by atoms with E-state index >= 15 is 0 Å². The Morgan fingerprint density at radius 2 is 1.81 bits per heavy atom. The van der Waals surface area contributed by atoms with E-state index in [-0.39, 0.29) is 12.1 Å². The Morgan fingerprint density at radius 3 is 2.55 bits per heavy atom. The van der Waals surface area contributed by atoms with Crippen molar-refractivity contribution in [3.8, 4) is 5.69 Å². The molecular formula is C24H20BrN5S. The number of hydrogen-bond donors (Lipinski definition) is 1. The summed E-state index contributed by atoms with van der Waals surface area (Å²) in [6.45, 7) is 2.09. The zero-order chi connectivity index (χ0) is 21.4. The Hall–Kier alpha value is -3.03. The van der Waals surface area contributed by atoms with E-state index in [4.69, 9.17) is 12.2 Å². The molecule has 0 amide bonds. The number of aryl methyl sites for hydroxylation is 1. The van der Waals surface area contributed by atoms with E-state index in [0.717, 1.165) is 32.8 Å². The molecule has 0 bridgehead atoms. The van der Waals surface area contributed by atoms with Crippen LogP contribution in [-0.2, 0) is 0 Å². The fourth-order valence-electron chi connectivity index (χ4n) is 4.09. The number of benzene rings is 1. The van der Waals surface area contributed by atoms with Crippen molar-refractivity contribution >= 4 is 38.9 Å². The van der Waals surface area contributed by atoms with Gasteiger partial charge >= 0.3 is 0 Å². The summed E-state index contributed by atoms with van der Waals surface area (Å²) in [4.78, 5) is 11.0. The maximum Gasteiger partial charge on any atom is 0.174 e. The molecule has 1 aliphatic heterocycles. The van der Waals surface area contributed by atoms with Crippen molar-refractivity contribution in [2.24, 2.45) is 0 Å². The van der Waals surface area contributed by atoms with E-state index in [1.807, 2.05) is 48.9 Å². The topological polar surface area (TPSA) is 46.0 Å². The SMILES string of the molecule is Cc1cc(N2C(=S)NC(c3ccccn3)C2c2cccn2-c2ccncc2)ccc1Br. The van der Waals surface area contributed by atoms with Crippen LogP contribution in [0.15, 0.2) is 89.9 Å². The van der Waals surface area contributed by atoms with Gasteiger partial charge in [0.2, 0.25) is 0 Å². The van der Waals surface area contributed by atoms with Crippen LogP contribution in [0, 0.1) is 6.92 Å². The van der Waals surface area contributed by atoms with E-state index in [2.05, 4.69) is 84.1 Å². The molecule has 3 aromatic heterocycles. The van der Waals surface area contributed by atoms with Crippen LogP contribution in [0.25, 0.3) is 5.69 Å². The molecule has 1 aromatic carbocycles. The molecule has 5 nitrogen and oxygen atoms in total. The highest BCUT2D eigenvalue weighted by molar-refractivity contribution is 9.10.